The van der Waals surface area contributed by atoms with E-state index in [0.717, 1.165) is 19.4 Å². The van der Waals surface area contributed by atoms with Crippen LogP contribution in [0.1, 0.15) is 23.4 Å². The first-order valence-electron chi connectivity index (χ1n) is 7.14. The molecule has 1 N–H and O–H groups in total. The summed E-state index contributed by atoms with van der Waals surface area (Å²) < 4.78 is 16.4. The SMILES string of the molecule is O=C(NCC1CCCO1)c1ccc(Oc2cccc(Cl)c2)o1. The molecular formula is C16H16ClNO4. The Balaban J connectivity index is 1.57. The van der Waals surface area contributed by atoms with E-state index in [0.29, 0.717) is 17.3 Å². The third kappa shape index (κ3) is 3.81. The number of furan rings is 1. The summed E-state index contributed by atoms with van der Waals surface area (Å²) in [5, 5.41) is 3.36. The van der Waals surface area contributed by atoms with Crippen LogP contribution in [0, 0.1) is 0 Å². The number of nitrogens with one attached hydrogen (secondary N) is 1. The van der Waals surface area contributed by atoms with Crippen LogP contribution >= 0.6 is 11.6 Å². The molecule has 1 fully saturated rings. The summed E-state index contributed by atoms with van der Waals surface area (Å²) in [6, 6.07) is 10.1. The number of hydrogen-bond donors (Lipinski definition) is 1. The molecule has 22 heavy (non-hydrogen) atoms. The second-order valence-electron chi connectivity index (χ2n) is 5.02. The van der Waals surface area contributed by atoms with Gasteiger partial charge >= 0.3 is 0 Å². The topological polar surface area (TPSA) is 60.7 Å². The lowest BCUT2D eigenvalue weighted by Crippen LogP contribution is -2.31. The second kappa shape index (κ2) is 6.85. The number of halogens is 1. The molecule has 3 rings (SSSR count). The molecule has 2 aromatic rings. The number of benzene rings is 1. The van der Waals surface area contributed by atoms with E-state index in [2.05, 4.69) is 5.32 Å². The number of rotatable bonds is 5. The Morgan fingerprint density at radius 3 is 3.05 bits per heavy atom. The van der Waals surface area contributed by atoms with Crippen LogP contribution in [0.2, 0.25) is 5.02 Å². The lowest BCUT2D eigenvalue weighted by Gasteiger charge is -2.09. The molecule has 1 amide bonds. The third-order valence-corrected chi connectivity index (χ3v) is 3.57. The lowest BCUT2D eigenvalue weighted by atomic mass is 10.2. The normalized spacial score (nSPS) is 17.4. The highest BCUT2D eigenvalue weighted by Crippen LogP contribution is 2.25. The van der Waals surface area contributed by atoms with Crippen molar-refractivity contribution in [3.05, 3.63) is 47.2 Å². The van der Waals surface area contributed by atoms with E-state index in [1.54, 1.807) is 36.4 Å². The molecule has 1 aromatic carbocycles. The van der Waals surface area contributed by atoms with E-state index >= 15 is 0 Å². The van der Waals surface area contributed by atoms with Gasteiger partial charge in [-0.1, -0.05) is 17.7 Å². The molecule has 116 valence electrons. The predicted molar refractivity (Wildman–Crippen MR) is 81.5 cm³/mol. The monoisotopic (exact) mass is 321 g/mol. The minimum Gasteiger partial charge on any atom is -0.426 e. The minimum atomic E-state index is -0.281. The maximum atomic E-state index is 12.0. The van der Waals surface area contributed by atoms with Gasteiger partial charge in [0, 0.05) is 24.2 Å². The van der Waals surface area contributed by atoms with E-state index in [-0.39, 0.29) is 23.7 Å². The van der Waals surface area contributed by atoms with Crippen LogP contribution in [-0.2, 0) is 4.74 Å². The standard InChI is InChI=1S/C16H16ClNO4/c17-11-3-1-4-12(9-11)21-15-7-6-14(22-15)16(19)18-10-13-5-2-8-20-13/h1,3-4,6-7,9,13H,2,5,8,10H2,(H,18,19). The van der Waals surface area contributed by atoms with Gasteiger partial charge in [0.1, 0.15) is 5.75 Å². The zero-order valence-corrected chi connectivity index (χ0v) is 12.6. The summed E-state index contributed by atoms with van der Waals surface area (Å²) in [6.45, 7) is 1.25. The van der Waals surface area contributed by atoms with E-state index in [1.165, 1.54) is 0 Å². The Kier molecular flexibility index (Phi) is 4.65. The van der Waals surface area contributed by atoms with Crippen molar-refractivity contribution in [2.45, 2.75) is 18.9 Å². The molecule has 0 saturated carbocycles. The quantitative estimate of drug-likeness (QED) is 0.913. The summed E-state index contributed by atoms with van der Waals surface area (Å²) in [5.41, 5.74) is 0. The van der Waals surface area contributed by atoms with Crippen molar-refractivity contribution in [1.82, 2.24) is 5.32 Å². The summed E-state index contributed by atoms with van der Waals surface area (Å²) in [5.74, 6) is 0.712. The number of carbonyl (C=O) groups is 1. The average Bonchev–Trinajstić information content (AvgIpc) is 3.16. The maximum absolute atomic E-state index is 12.0. The summed E-state index contributed by atoms with van der Waals surface area (Å²) in [7, 11) is 0. The smallest absolute Gasteiger partial charge is 0.290 e. The van der Waals surface area contributed by atoms with Crippen molar-refractivity contribution in [3.8, 4) is 11.7 Å². The van der Waals surface area contributed by atoms with Gasteiger partial charge in [-0.25, -0.2) is 0 Å². The first kappa shape index (κ1) is 14.9. The van der Waals surface area contributed by atoms with Gasteiger partial charge in [0.25, 0.3) is 11.9 Å². The lowest BCUT2D eigenvalue weighted by molar-refractivity contribution is 0.0831. The van der Waals surface area contributed by atoms with Crippen LogP contribution in [0.4, 0.5) is 0 Å². The Labute approximate surface area is 133 Å². The Morgan fingerprint density at radius 1 is 1.36 bits per heavy atom. The highest BCUT2D eigenvalue weighted by Gasteiger charge is 2.18. The van der Waals surface area contributed by atoms with E-state index < -0.39 is 0 Å². The number of hydrogen-bond acceptors (Lipinski definition) is 4. The third-order valence-electron chi connectivity index (χ3n) is 3.33. The fraction of sp³-hybridized carbons (Fsp3) is 0.312. The number of amides is 1. The number of carbonyl (C=O) groups excluding carboxylic acids is 1. The molecule has 1 unspecified atom stereocenters. The zero-order valence-electron chi connectivity index (χ0n) is 11.9. The van der Waals surface area contributed by atoms with E-state index in [1.807, 2.05) is 0 Å². The summed E-state index contributed by atoms with van der Waals surface area (Å²) >= 11 is 5.88. The van der Waals surface area contributed by atoms with Gasteiger partial charge in [0.05, 0.1) is 6.10 Å². The molecular weight excluding hydrogens is 306 g/mol. The molecule has 1 saturated heterocycles. The molecule has 0 spiro atoms. The first-order chi connectivity index (χ1) is 10.7. The van der Waals surface area contributed by atoms with Crippen molar-refractivity contribution >= 4 is 17.5 Å². The summed E-state index contributed by atoms with van der Waals surface area (Å²) in [4.78, 5) is 12.0. The largest absolute Gasteiger partial charge is 0.426 e. The Hall–Kier alpha value is -1.98. The van der Waals surface area contributed by atoms with Crippen LogP contribution < -0.4 is 10.1 Å². The highest BCUT2D eigenvalue weighted by molar-refractivity contribution is 6.30. The second-order valence-corrected chi connectivity index (χ2v) is 5.46. The van der Waals surface area contributed by atoms with Gasteiger partial charge in [-0.05, 0) is 37.1 Å². The van der Waals surface area contributed by atoms with Gasteiger partial charge in [-0.2, -0.15) is 0 Å². The van der Waals surface area contributed by atoms with Crippen molar-refractivity contribution in [1.29, 1.82) is 0 Å². The van der Waals surface area contributed by atoms with Crippen molar-refractivity contribution in [3.63, 3.8) is 0 Å². The van der Waals surface area contributed by atoms with Crippen molar-refractivity contribution < 1.29 is 18.7 Å². The van der Waals surface area contributed by atoms with Crippen molar-refractivity contribution in [2.24, 2.45) is 0 Å². The fourth-order valence-corrected chi connectivity index (χ4v) is 2.42. The molecule has 1 aliphatic rings. The predicted octanol–water partition coefficient (Wildman–Crippen LogP) is 3.63. The molecule has 5 nitrogen and oxygen atoms in total. The molecule has 6 heteroatoms. The average molecular weight is 322 g/mol. The molecule has 0 aliphatic carbocycles. The van der Waals surface area contributed by atoms with Gasteiger partial charge in [0.15, 0.2) is 5.76 Å². The Morgan fingerprint density at radius 2 is 2.27 bits per heavy atom. The van der Waals surface area contributed by atoms with Crippen LogP contribution in [-0.4, -0.2) is 25.2 Å². The fourth-order valence-electron chi connectivity index (χ4n) is 2.24. The molecule has 2 heterocycles. The van der Waals surface area contributed by atoms with Gasteiger partial charge in [-0.15, -0.1) is 0 Å². The summed E-state index contributed by atoms with van der Waals surface area (Å²) in [6.07, 6.45) is 2.11. The van der Waals surface area contributed by atoms with Crippen LogP contribution in [0.5, 0.6) is 11.7 Å². The van der Waals surface area contributed by atoms with Gasteiger partial charge in [0.2, 0.25) is 0 Å². The van der Waals surface area contributed by atoms with Crippen molar-refractivity contribution in [2.75, 3.05) is 13.2 Å². The molecule has 0 bridgehead atoms. The van der Waals surface area contributed by atoms with Crippen LogP contribution in [0.3, 0.4) is 0 Å². The van der Waals surface area contributed by atoms with Crippen LogP contribution in [0.25, 0.3) is 0 Å². The molecule has 0 radical (unpaired) electrons. The molecule has 1 atom stereocenters. The van der Waals surface area contributed by atoms with Gasteiger partial charge < -0.3 is 19.2 Å². The number of ether oxygens (including phenoxy) is 2. The minimum absolute atomic E-state index is 0.0982. The Bertz CT molecular complexity index is 649. The highest BCUT2D eigenvalue weighted by atomic mass is 35.5. The van der Waals surface area contributed by atoms with Crippen LogP contribution in [0.15, 0.2) is 40.8 Å². The maximum Gasteiger partial charge on any atom is 0.290 e. The zero-order chi connectivity index (χ0) is 15.4. The molecule has 1 aromatic heterocycles. The molecule has 1 aliphatic heterocycles. The van der Waals surface area contributed by atoms with Gasteiger partial charge in [-0.3, -0.25) is 4.79 Å². The van der Waals surface area contributed by atoms with E-state index in [4.69, 9.17) is 25.5 Å². The van der Waals surface area contributed by atoms with E-state index in [9.17, 15) is 4.79 Å². The first-order valence-corrected chi connectivity index (χ1v) is 7.51.